The Bertz CT molecular complexity index is 670. The summed E-state index contributed by atoms with van der Waals surface area (Å²) in [6.45, 7) is 5.80. The average molecular weight is 340 g/mol. The van der Waals surface area contributed by atoms with Gasteiger partial charge in [-0.15, -0.1) is 0 Å². The first-order valence-corrected chi connectivity index (χ1v) is 9.15. The summed E-state index contributed by atoms with van der Waals surface area (Å²) in [5, 5.41) is 2.71. The summed E-state index contributed by atoms with van der Waals surface area (Å²) in [4.78, 5) is 12.6. The van der Waals surface area contributed by atoms with Crippen molar-refractivity contribution in [3.63, 3.8) is 0 Å². The molecule has 0 unspecified atom stereocenters. The molecule has 1 fully saturated rings. The molecule has 1 atom stereocenters. The van der Waals surface area contributed by atoms with Gasteiger partial charge in [-0.3, -0.25) is 4.79 Å². The summed E-state index contributed by atoms with van der Waals surface area (Å²) in [7, 11) is -2.14. The zero-order valence-corrected chi connectivity index (χ0v) is 14.8. The molecule has 2 rings (SSSR count). The van der Waals surface area contributed by atoms with E-state index >= 15 is 0 Å². The van der Waals surface area contributed by atoms with Gasteiger partial charge in [0.1, 0.15) is 5.75 Å². The quantitative estimate of drug-likeness (QED) is 0.912. The van der Waals surface area contributed by atoms with Gasteiger partial charge in [-0.1, -0.05) is 0 Å². The zero-order chi connectivity index (χ0) is 17.3. The SMILES string of the molecule is CC(C)Oc1ccc(NC(=O)[C@@]2(C)CCCN(C)S2(=O)=O)cc1. The molecule has 0 saturated carbocycles. The Morgan fingerprint density at radius 2 is 1.91 bits per heavy atom. The summed E-state index contributed by atoms with van der Waals surface area (Å²) in [5.41, 5.74) is 0.552. The van der Waals surface area contributed by atoms with E-state index in [2.05, 4.69) is 5.32 Å². The van der Waals surface area contributed by atoms with Crippen molar-refractivity contribution in [2.45, 2.75) is 44.5 Å². The molecule has 23 heavy (non-hydrogen) atoms. The van der Waals surface area contributed by atoms with E-state index in [9.17, 15) is 13.2 Å². The van der Waals surface area contributed by atoms with Crippen LogP contribution in [0.5, 0.6) is 5.75 Å². The number of benzene rings is 1. The van der Waals surface area contributed by atoms with Crippen LogP contribution in [0.25, 0.3) is 0 Å². The molecule has 7 heteroatoms. The summed E-state index contributed by atoms with van der Waals surface area (Å²) < 4.78 is 30.3. The van der Waals surface area contributed by atoms with Gasteiger partial charge in [0.2, 0.25) is 15.9 Å². The molecule has 1 N–H and O–H groups in total. The van der Waals surface area contributed by atoms with Crippen LogP contribution in [-0.2, 0) is 14.8 Å². The molecule has 1 amide bonds. The van der Waals surface area contributed by atoms with Crippen LogP contribution < -0.4 is 10.1 Å². The van der Waals surface area contributed by atoms with Crippen molar-refractivity contribution in [3.8, 4) is 5.75 Å². The van der Waals surface area contributed by atoms with Gasteiger partial charge in [0.05, 0.1) is 6.10 Å². The summed E-state index contributed by atoms with van der Waals surface area (Å²) in [5.74, 6) is 0.204. The maximum absolute atomic E-state index is 12.6. The average Bonchev–Trinajstić information content (AvgIpc) is 2.46. The molecular formula is C16H24N2O4S. The zero-order valence-electron chi connectivity index (χ0n) is 14.0. The van der Waals surface area contributed by atoms with Gasteiger partial charge in [-0.2, -0.15) is 0 Å². The molecule has 0 aliphatic carbocycles. The molecule has 1 saturated heterocycles. The molecule has 1 aliphatic heterocycles. The predicted octanol–water partition coefficient (Wildman–Crippen LogP) is 2.23. The molecule has 0 spiro atoms. The van der Waals surface area contributed by atoms with E-state index in [1.165, 1.54) is 18.3 Å². The van der Waals surface area contributed by atoms with Crippen LogP contribution in [-0.4, -0.2) is 43.1 Å². The summed E-state index contributed by atoms with van der Waals surface area (Å²) in [6, 6.07) is 6.91. The Morgan fingerprint density at radius 3 is 2.48 bits per heavy atom. The molecule has 128 valence electrons. The van der Waals surface area contributed by atoms with Crippen LogP contribution in [0.3, 0.4) is 0 Å². The fourth-order valence-corrected chi connectivity index (χ4v) is 4.36. The minimum atomic E-state index is -3.65. The number of carbonyl (C=O) groups excluding carboxylic acids is 1. The van der Waals surface area contributed by atoms with Gasteiger partial charge in [0, 0.05) is 19.3 Å². The monoisotopic (exact) mass is 340 g/mol. The number of anilines is 1. The van der Waals surface area contributed by atoms with Crippen LogP contribution in [0.2, 0.25) is 0 Å². The lowest BCUT2D eigenvalue weighted by molar-refractivity contribution is -0.118. The summed E-state index contributed by atoms with van der Waals surface area (Å²) >= 11 is 0. The molecule has 6 nitrogen and oxygen atoms in total. The lowest BCUT2D eigenvalue weighted by Gasteiger charge is -2.36. The highest BCUT2D eigenvalue weighted by Crippen LogP contribution is 2.32. The van der Waals surface area contributed by atoms with Crippen molar-refractivity contribution < 1.29 is 17.9 Å². The molecule has 0 aromatic heterocycles. The number of nitrogens with one attached hydrogen (secondary N) is 1. The Morgan fingerprint density at radius 1 is 1.30 bits per heavy atom. The third-order valence-corrected chi connectivity index (χ3v) is 6.60. The third kappa shape index (κ3) is 3.50. The van der Waals surface area contributed by atoms with Gasteiger partial charge in [0.25, 0.3) is 0 Å². The van der Waals surface area contributed by atoms with Crippen LogP contribution in [0.4, 0.5) is 5.69 Å². The van der Waals surface area contributed by atoms with E-state index in [-0.39, 0.29) is 6.10 Å². The van der Waals surface area contributed by atoms with Gasteiger partial charge >= 0.3 is 0 Å². The van der Waals surface area contributed by atoms with Gasteiger partial charge in [-0.05, 0) is 57.9 Å². The molecule has 1 aliphatic rings. The minimum absolute atomic E-state index is 0.0669. The maximum atomic E-state index is 12.6. The topological polar surface area (TPSA) is 75.7 Å². The molecule has 1 heterocycles. The van der Waals surface area contributed by atoms with Crippen molar-refractivity contribution >= 4 is 21.6 Å². The number of ether oxygens (including phenoxy) is 1. The Kier molecular flexibility index (Phi) is 5.01. The number of carbonyl (C=O) groups is 1. The molecule has 1 aromatic carbocycles. The van der Waals surface area contributed by atoms with Crippen LogP contribution in [0.15, 0.2) is 24.3 Å². The standard InChI is InChI=1S/C16H24N2O4S/c1-12(2)22-14-8-6-13(7-9-14)17-15(19)16(3)10-5-11-18(4)23(16,20)21/h6-9,12H,5,10-11H2,1-4H3,(H,17,19)/t16-/m1/s1. The second-order valence-electron chi connectivity index (χ2n) is 6.31. The van der Waals surface area contributed by atoms with Crippen molar-refractivity contribution in [2.75, 3.05) is 18.9 Å². The maximum Gasteiger partial charge on any atom is 0.246 e. The largest absolute Gasteiger partial charge is 0.491 e. The van der Waals surface area contributed by atoms with E-state index in [1.54, 1.807) is 24.3 Å². The van der Waals surface area contributed by atoms with Gasteiger partial charge < -0.3 is 10.1 Å². The Hall–Kier alpha value is -1.60. The number of sulfonamides is 1. The van der Waals surface area contributed by atoms with E-state index in [0.717, 1.165) is 0 Å². The predicted molar refractivity (Wildman–Crippen MR) is 90.0 cm³/mol. The molecule has 0 radical (unpaired) electrons. The highest BCUT2D eigenvalue weighted by molar-refractivity contribution is 7.91. The lowest BCUT2D eigenvalue weighted by Crippen LogP contribution is -2.56. The normalized spacial score (nSPS) is 24.4. The molecule has 0 bridgehead atoms. The van der Waals surface area contributed by atoms with Gasteiger partial charge in [0.15, 0.2) is 4.75 Å². The number of nitrogens with zero attached hydrogens (tertiary/aromatic N) is 1. The molecule has 1 aromatic rings. The fraction of sp³-hybridized carbons (Fsp3) is 0.562. The second kappa shape index (κ2) is 6.49. The van der Waals surface area contributed by atoms with E-state index < -0.39 is 20.7 Å². The van der Waals surface area contributed by atoms with Crippen LogP contribution >= 0.6 is 0 Å². The van der Waals surface area contributed by atoms with Crippen molar-refractivity contribution in [1.29, 1.82) is 0 Å². The number of rotatable bonds is 4. The second-order valence-corrected chi connectivity index (χ2v) is 8.78. The first-order valence-electron chi connectivity index (χ1n) is 7.71. The first-order chi connectivity index (χ1) is 10.7. The van der Waals surface area contributed by atoms with Crippen LogP contribution in [0, 0.1) is 0 Å². The smallest absolute Gasteiger partial charge is 0.246 e. The third-order valence-electron chi connectivity index (χ3n) is 4.07. The van der Waals surface area contributed by atoms with Crippen molar-refractivity contribution in [3.05, 3.63) is 24.3 Å². The Labute approximate surface area is 137 Å². The highest BCUT2D eigenvalue weighted by Gasteiger charge is 2.50. The van der Waals surface area contributed by atoms with Gasteiger partial charge in [-0.25, -0.2) is 12.7 Å². The van der Waals surface area contributed by atoms with E-state index in [0.29, 0.717) is 30.8 Å². The van der Waals surface area contributed by atoms with Crippen molar-refractivity contribution in [2.24, 2.45) is 0 Å². The lowest BCUT2D eigenvalue weighted by atomic mass is 10.0. The van der Waals surface area contributed by atoms with Crippen molar-refractivity contribution in [1.82, 2.24) is 4.31 Å². The highest BCUT2D eigenvalue weighted by atomic mass is 32.2. The van der Waals surface area contributed by atoms with E-state index in [4.69, 9.17) is 4.74 Å². The number of hydrogen-bond acceptors (Lipinski definition) is 4. The molecular weight excluding hydrogens is 316 g/mol. The number of amides is 1. The fourth-order valence-electron chi connectivity index (χ4n) is 2.62. The van der Waals surface area contributed by atoms with Crippen LogP contribution in [0.1, 0.15) is 33.6 Å². The Balaban J connectivity index is 2.15. The first kappa shape index (κ1) is 17.7. The minimum Gasteiger partial charge on any atom is -0.491 e. The van der Waals surface area contributed by atoms with E-state index in [1.807, 2.05) is 13.8 Å². The summed E-state index contributed by atoms with van der Waals surface area (Å²) in [6.07, 6.45) is 1.05. The number of hydrogen-bond donors (Lipinski definition) is 1.